The summed E-state index contributed by atoms with van der Waals surface area (Å²) in [5, 5.41) is 8.93. The van der Waals surface area contributed by atoms with Crippen LogP contribution in [0.4, 0.5) is 5.69 Å². The number of rotatable bonds is 4. The van der Waals surface area contributed by atoms with Crippen LogP contribution < -0.4 is 4.90 Å². The number of benzene rings is 1. The molecule has 1 N–H and O–H groups in total. The molecule has 96 valence electrons. The molecule has 0 atom stereocenters. The fourth-order valence-electron chi connectivity index (χ4n) is 2.26. The predicted molar refractivity (Wildman–Crippen MR) is 69.0 cm³/mol. The summed E-state index contributed by atoms with van der Waals surface area (Å²) in [4.78, 5) is 24.6. The Labute approximate surface area is 106 Å². The van der Waals surface area contributed by atoms with Crippen molar-refractivity contribution in [3.8, 4) is 0 Å². The van der Waals surface area contributed by atoms with Crippen LogP contribution in [0.5, 0.6) is 0 Å². The van der Waals surface area contributed by atoms with Gasteiger partial charge in [-0.15, -0.1) is 0 Å². The summed E-state index contributed by atoms with van der Waals surface area (Å²) in [6.07, 6.45) is 3.22. The molecule has 0 fully saturated rings. The molecule has 1 aromatic carbocycles. The van der Waals surface area contributed by atoms with Crippen molar-refractivity contribution in [3.05, 3.63) is 29.3 Å². The van der Waals surface area contributed by atoms with Gasteiger partial charge in [0.05, 0.1) is 5.56 Å². The van der Waals surface area contributed by atoms with Gasteiger partial charge in [0.15, 0.2) is 0 Å². The molecule has 0 aliphatic carbocycles. The number of aromatic carboxylic acids is 1. The lowest BCUT2D eigenvalue weighted by Crippen LogP contribution is -2.28. The highest BCUT2D eigenvalue weighted by Crippen LogP contribution is 2.29. The lowest BCUT2D eigenvalue weighted by Gasteiger charge is -2.17. The molecule has 0 bridgehead atoms. The van der Waals surface area contributed by atoms with E-state index < -0.39 is 5.97 Å². The van der Waals surface area contributed by atoms with Gasteiger partial charge in [0, 0.05) is 18.7 Å². The summed E-state index contributed by atoms with van der Waals surface area (Å²) in [5.41, 5.74) is 2.12. The van der Waals surface area contributed by atoms with Crippen molar-refractivity contribution in [2.45, 2.75) is 32.6 Å². The van der Waals surface area contributed by atoms with Crippen molar-refractivity contribution in [1.82, 2.24) is 0 Å². The molecule has 0 unspecified atom stereocenters. The number of fused-ring (bicyclic) bond motifs is 1. The van der Waals surface area contributed by atoms with Gasteiger partial charge in [-0.1, -0.05) is 13.3 Å². The maximum absolute atomic E-state index is 12.0. The first kappa shape index (κ1) is 12.6. The monoisotopic (exact) mass is 247 g/mol. The maximum Gasteiger partial charge on any atom is 0.335 e. The van der Waals surface area contributed by atoms with Crippen LogP contribution in [0.3, 0.4) is 0 Å². The fraction of sp³-hybridized carbons (Fsp3) is 0.429. The van der Waals surface area contributed by atoms with Crippen LogP contribution in [0, 0.1) is 0 Å². The number of unbranched alkanes of at least 4 members (excludes halogenated alkanes) is 1. The molecule has 18 heavy (non-hydrogen) atoms. The Hall–Kier alpha value is -1.84. The van der Waals surface area contributed by atoms with Crippen LogP contribution in [-0.2, 0) is 11.2 Å². The van der Waals surface area contributed by atoms with Gasteiger partial charge < -0.3 is 10.0 Å². The van der Waals surface area contributed by atoms with Gasteiger partial charge in [-0.2, -0.15) is 0 Å². The largest absolute Gasteiger partial charge is 0.478 e. The molecule has 0 spiro atoms. The summed E-state index contributed by atoms with van der Waals surface area (Å²) >= 11 is 0. The molecule has 1 amide bonds. The second-order valence-corrected chi connectivity index (χ2v) is 4.55. The van der Waals surface area contributed by atoms with Crippen molar-refractivity contribution in [3.63, 3.8) is 0 Å². The Morgan fingerprint density at radius 1 is 1.39 bits per heavy atom. The van der Waals surface area contributed by atoms with Crippen LogP contribution in [0.15, 0.2) is 18.2 Å². The maximum atomic E-state index is 12.0. The number of hydrogen-bond donors (Lipinski definition) is 1. The third kappa shape index (κ3) is 2.37. The number of carboxylic acid groups (broad SMARTS) is 1. The summed E-state index contributed by atoms with van der Waals surface area (Å²) in [6, 6.07) is 4.98. The van der Waals surface area contributed by atoms with Gasteiger partial charge in [0.2, 0.25) is 5.91 Å². The van der Waals surface area contributed by atoms with E-state index in [1.54, 1.807) is 23.1 Å². The Kier molecular flexibility index (Phi) is 3.65. The Balaban J connectivity index is 2.18. The molecule has 0 aromatic heterocycles. The smallest absolute Gasteiger partial charge is 0.335 e. The van der Waals surface area contributed by atoms with Crippen LogP contribution >= 0.6 is 0 Å². The van der Waals surface area contributed by atoms with Crippen molar-refractivity contribution in [2.75, 3.05) is 11.4 Å². The molecule has 0 saturated carbocycles. The average Bonchev–Trinajstić information content (AvgIpc) is 2.78. The second-order valence-electron chi connectivity index (χ2n) is 4.55. The molecular weight excluding hydrogens is 230 g/mol. The zero-order chi connectivity index (χ0) is 13.1. The van der Waals surface area contributed by atoms with Crippen molar-refractivity contribution in [2.24, 2.45) is 0 Å². The van der Waals surface area contributed by atoms with Crippen LogP contribution in [0.2, 0.25) is 0 Å². The Morgan fingerprint density at radius 2 is 2.17 bits per heavy atom. The molecule has 1 aliphatic rings. The van der Waals surface area contributed by atoms with Gasteiger partial charge in [-0.25, -0.2) is 4.79 Å². The number of carbonyl (C=O) groups is 2. The minimum Gasteiger partial charge on any atom is -0.478 e. The van der Waals surface area contributed by atoms with E-state index in [1.165, 1.54) is 0 Å². The number of amides is 1. The Bertz CT molecular complexity index is 482. The molecule has 0 radical (unpaired) electrons. The van der Waals surface area contributed by atoms with Crippen molar-refractivity contribution < 1.29 is 14.7 Å². The highest BCUT2D eigenvalue weighted by molar-refractivity contribution is 5.96. The van der Waals surface area contributed by atoms with E-state index in [-0.39, 0.29) is 11.5 Å². The number of carboxylic acids is 1. The van der Waals surface area contributed by atoms with E-state index in [1.807, 2.05) is 0 Å². The molecule has 2 rings (SSSR count). The minimum absolute atomic E-state index is 0.138. The first-order valence-electron chi connectivity index (χ1n) is 6.30. The summed E-state index contributed by atoms with van der Waals surface area (Å²) in [6.45, 7) is 2.73. The van der Waals surface area contributed by atoms with E-state index in [0.717, 1.165) is 30.5 Å². The third-order valence-corrected chi connectivity index (χ3v) is 3.27. The molecule has 0 saturated heterocycles. The van der Waals surface area contributed by atoms with E-state index in [0.29, 0.717) is 13.0 Å². The number of carbonyl (C=O) groups excluding carboxylic acids is 1. The summed E-state index contributed by atoms with van der Waals surface area (Å²) in [7, 11) is 0. The normalized spacial score (nSPS) is 13.5. The van der Waals surface area contributed by atoms with Crippen LogP contribution in [-0.4, -0.2) is 23.5 Å². The van der Waals surface area contributed by atoms with E-state index in [2.05, 4.69) is 6.92 Å². The third-order valence-electron chi connectivity index (χ3n) is 3.27. The van der Waals surface area contributed by atoms with Crippen molar-refractivity contribution in [1.29, 1.82) is 0 Å². The summed E-state index contributed by atoms with van der Waals surface area (Å²) < 4.78 is 0. The van der Waals surface area contributed by atoms with Gasteiger partial charge in [0.25, 0.3) is 0 Å². The zero-order valence-corrected chi connectivity index (χ0v) is 10.5. The number of nitrogens with zero attached hydrogens (tertiary/aromatic N) is 1. The molecule has 4 heteroatoms. The van der Waals surface area contributed by atoms with Gasteiger partial charge in [0.1, 0.15) is 0 Å². The van der Waals surface area contributed by atoms with E-state index in [4.69, 9.17) is 5.11 Å². The lowest BCUT2D eigenvalue weighted by molar-refractivity contribution is -0.118. The average molecular weight is 247 g/mol. The fourth-order valence-corrected chi connectivity index (χ4v) is 2.26. The number of hydrogen-bond acceptors (Lipinski definition) is 2. The first-order valence-corrected chi connectivity index (χ1v) is 6.30. The lowest BCUT2D eigenvalue weighted by atomic mass is 10.1. The van der Waals surface area contributed by atoms with Crippen LogP contribution in [0.25, 0.3) is 0 Å². The Morgan fingerprint density at radius 3 is 2.83 bits per heavy atom. The van der Waals surface area contributed by atoms with E-state index in [9.17, 15) is 9.59 Å². The highest BCUT2D eigenvalue weighted by Gasteiger charge is 2.24. The predicted octanol–water partition coefficient (Wildman–Crippen LogP) is 2.46. The molecular formula is C14H17NO3. The SMILES string of the molecule is CCCCC(=O)N1CCc2cc(C(=O)O)ccc21. The van der Waals surface area contributed by atoms with Gasteiger partial charge >= 0.3 is 5.97 Å². The molecule has 1 aromatic rings. The second kappa shape index (κ2) is 5.21. The highest BCUT2D eigenvalue weighted by atomic mass is 16.4. The summed E-state index contributed by atoms with van der Waals surface area (Å²) in [5.74, 6) is -0.785. The molecule has 1 aliphatic heterocycles. The quantitative estimate of drug-likeness (QED) is 0.889. The minimum atomic E-state index is -0.923. The van der Waals surface area contributed by atoms with Crippen molar-refractivity contribution >= 4 is 17.6 Å². The van der Waals surface area contributed by atoms with Crippen LogP contribution in [0.1, 0.15) is 42.1 Å². The van der Waals surface area contributed by atoms with E-state index >= 15 is 0 Å². The standard InChI is InChI=1S/C14H17NO3/c1-2-3-4-13(16)15-8-7-10-9-11(14(17)18)5-6-12(10)15/h5-6,9H,2-4,7-8H2,1H3,(H,17,18). The topological polar surface area (TPSA) is 57.6 Å². The van der Waals surface area contributed by atoms with Gasteiger partial charge in [-0.3, -0.25) is 4.79 Å². The molecule has 1 heterocycles. The first-order chi connectivity index (χ1) is 8.63. The van der Waals surface area contributed by atoms with Gasteiger partial charge in [-0.05, 0) is 36.6 Å². The number of anilines is 1. The molecule has 4 nitrogen and oxygen atoms in total. The zero-order valence-electron chi connectivity index (χ0n) is 10.5.